The zero-order valence-corrected chi connectivity index (χ0v) is 24.8. The number of likely N-dealkylation sites (N-methyl/N-ethyl adjacent to an activating group) is 1. The van der Waals surface area contributed by atoms with Gasteiger partial charge in [0.1, 0.15) is 11.9 Å². The number of piperazine rings is 1. The summed E-state index contributed by atoms with van der Waals surface area (Å²) in [6.07, 6.45) is 4.52. The van der Waals surface area contributed by atoms with Crippen molar-refractivity contribution in [1.29, 1.82) is 5.26 Å². The fourth-order valence-electron chi connectivity index (χ4n) is 6.73. The van der Waals surface area contributed by atoms with E-state index >= 15 is 0 Å². The van der Waals surface area contributed by atoms with E-state index in [9.17, 15) is 10.1 Å². The quantitative estimate of drug-likeness (QED) is 0.396. The predicted octanol–water partition coefficient (Wildman–Crippen LogP) is 4.09. The van der Waals surface area contributed by atoms with Crippen molar-refractivity contribution in [2.75, 3.05) is 50.1 Å². The smallest absolute Gasteiger partial charge is 0.319 e. The van der Waals surface area contributed by atoms with E-state index in [1.807, 2.05) is 0 Å². The third-order valence-corrected chi connectivity index (χ3v) is 9.12. The monoisotopic (exact) mass is 565 g/mol. The van der Waals surface area contributed by atoms with Crippen LogP contribution in [0.3, 0.4) is 0 Å². The number of amides is 1. The van der Waals surface area contributed by atoms with Gasteiger partial charge in [0.2, 0.25) is 5.91 Å². The van der Waals surface area contributed by atoms with Crippen molar-refractivity contribution in [3.05, 3.63) is 65.9 Å². The van der Waals surface area contributed by atoms with Gasteiger partial charge in [-0.25, -0.2) is 0 Å². The number of nitrogens with zero attached hydrogens (tertiary/aromatic N) is 7. The summed E-state index contributed by atoms with van der Waals surface area (Å²) in [6, 6.07) is 15.8. The maximum Gasteiger partial charge on any atom is 0.319 e. The molecule has 3 heterocycles. The summed E-state index contributed by atoms with van der Waals surface area (Å²) in [5.74, 6) is 0.738. The Kier molecular flexibility index (Phi) is 7.74. The highest BCUT2D eigenvalue weighted by Gasteiger charge is 2.37. The summed E-state index contributed by atoms with van der Waals surface area (Å²) in [5, 5.41) is 12.0. The van der Waals surface area contributed by atoms with Gasteiger partial charge in [-0.3, -0.25) is 4.79 Å². The van der Waals surface area contributed by atoms with Crippen LogP contribution in [0.25, 0.3) is 10.8 Å². The third-order valence-electron chi connectivity index (χ3n) is 9.12. The third kappa shape index (κ3) is 5.16. The van der Waals surface area contributed by atoms with Gasteiger partial charge < -0.3 is 24.3 Å². The Hall–Kier alpha value is -4.16. The van der Waals surface area contributed by atoms with Crippen LogP contribution in [-0.4, -0.2) is 84.1 Å². The molecule has 0 bridgehead atoms. The van der Waals surface area contributed by atoms with Gasteiger partial charge in [0.05, 0.1) is 30.8 Å². The lowest BCUT2D eigenvalue weighted by Gasteiger charge is -2.43. The van der Waals surface area contributed by atoms with E-state index in [0.717, 1.165) is 42.9 Å². The number of carbonyl (C=O) groups is 1. The first-order valence-electron chi connectivity index (χ1n) is 14.9. The molecule has 2 aromatic carbocycles. The molecule has 0 spiro atoms. The number of fused-ring (bicyclic) bond motifs is 2. The van der Waals surface area contributed by atoms with E-state index in [1.165, 1.54) is 28.1 Å². The summed E-state index contributed by atoms with van der Waals surface area (Å²) < 4.78 is 6.46. The first-order valence-corrected chi connectivity index (χ1v) is 14.9. The number of rotatable bonds is 7. The average molecular weight is 566 g/mol. The summed E-state index contributed by atoms with van der Waals surface area (Å²) in [4.78, 5) is 31.2. The minimum Gasteiger partial charge on any atom is -0.458 e. The molecule has 1 aromatic heterocycles. The van der Waals surface area contributed by atoms with E-state index in [2.05, 4.69) is 84.8 Å². The highest BCUT2D eigenvalue weighted by Crippen LogP contribution is 2.37. The predicted molar refractivity (Wildman–Crippen MR) is 165 cm³/mol. The Morgan fingerprint density at radius 2 is 1.95 bits per heavy atom. The maximum absolute atomic E-state index is 12.5. The molecule has 1 aliphatic carbocycles. The molecule has 2 aliphatic heterocycles. The number of aryl methyl sites for hydroxylation is 1. The molecule has 6 rings (SSSR count). The van der Waals surface area contributed by atoms with Crippen LogP contribution in [0.5, 0.6) is 6.01 Å². The molecule has 3 aliphatic rings. The van der Waals surface area contributed by atoms with E-state index in [1.54, 1.807) is 4.90 Å². The molecule has 0 unspecified atom stereocenters. The summed E-state index contributed by atoms with van der Waals surface area (Å²) in [6.45, 7) is 9.01. The van der Waals surface area contributed by atoms with Crippen LogP contribution in [0, 0.1) is 18.3 Å². The Bertz CT molecular complexity index is 1540. The number of anilines is 2. The highest BCUT2D eigenvalue weighted by atomic mass is 16.5. The Labute approximate surface area is 248 Å². The van der Waals surface area contributed by atoms with E-state index in [4.69, 9.17) is 14.7 Å². The summed E-state index contributed by atoms with van der Waals surface area (Å²) in [5.41, 5.74) is 4.59. The van der Waals surface area contributed by atoms with Crippen molar-refractivity contribution in [2.45, 2.75) is 57.3 Å². The lowest BCUT2D eigenvalue weighted by atomic mass is 9.88. The van der Waals surface area contributed by atoms with Gasteiger partial charge in [0, 0.05) is 48.9 Å². The number of aromatic nitrogens is 2. The van der Waals surface area contributed by atoms with Gasteiger partial charge in [-0.15, -0.1) is 0 Å². The fraction of sp³-hybridized carbons (Fsp3) is 0.455. The lowest BCUT2D eigenvalue weighted by Crippen LogP contribution is -2.55. The van der Waals surface area contributed by atoms with Crippen LogP contribution in [0.2, 0.25) is 0 Å². The Morgan fingerprint density at radius 3 is 2.67 bits per heavy atom. The SMILES string of the molecule is C=CC(=O)N1CCN(c2nc(O[C@H]3CC[C@H]3N(C)C)nc3c2CCN(c2cccc4cccc(C)c24)C3)C[C@@H]1CC#N. The van der Waals surface area contributed by atoms with Gasteiger partial charge in [0.25, 0.3) is 0 Å². The summed E-state index contributed by atoms with van der Waals surface area (Å²) in [7, 11) is 4.17. The molecule has 0 radical (unpaired) electrons. The number of ether oxygens (including phenoxy) is 1. The number of hydrogen-bond donors (Lipinski definition) is 0. The zero-order valence-electron chi connectivity index (χ0n) is 24.8. The summed E-state index contributed by atoms with van der Waals surface area (Å²) >= 11 is 0. The van der Waals surface area contributed by atoms with Crippen molar-refractivity contribution >= 4 is 28.2 Å². The van der Waals surface area contributed by atoms with Gasteiger partial charge in [-0.2, -0.15) is 15.2 Å². The first kappa shape index (κ1) is 28.0. The van der Waals surface area contributed by atoms with Crippen LogP contribution in [0.1, 0.15) is 36.1 Å². The topological polar surface area (TPSA) is 88.8 Å². The zero-order chi connectivity index (χ0) is 29.4. The molecular weight excluding hydrogens is 526 g/mol. The molecule has 1 saturated carbocycles. The standard InChI is InChI=1S/C33H39N7O2/c1-5-30(41)40-19-18-39(20-24(40)14-16-34)32-25-15-17-38(28-11-7-10-23-9-6-8-22(2)31(23)28)21-26(25)35-33(36-32)42-29-13-12-27(29)37(3)4/h5-11,24,27,29H,1,12-15,17-21H2,2-4H3/t24-,27+,29-/m0/s1. The molecule has 0 N–H and O–H groups in total. The van der Waals surface area contributed by atoms with Crippen LogP contribution in [-0.2, 0) is 17.8 Å². The highest BCUT2D eigenvalue weighted by molar-refractivity contribution is 5.97. The Morgan fingerprint density at radius 1 is 1.14 bits per heavy atom. The van der Waals surface area contributed by atoms with Crippen molar-refractivity contribution in [1.82, 2.24) is 19.8 Å². The van der Waals surface area contributed by atoms with Gasteiger partial charge in [0.15, 0.2) is 0 Å². The Balaban J connectivity index is 1.36. The number of hydrogen-bond acceptors (Lipinski definition) is 8. The average Bonchev–Trinajstić information content (AvgIpc) is 2.98. The molecule has 9 heteroatoms. The largest absolute Gasteiger partial charge is 0.458 e. The van der Waals surface area contributed by atoms with Crippen molar-refractivity contribution < 1.29 is 9.53 Å². The molecule has 2 fully saturated rings. The first-order chi connectivity index (χ1) is 20.4. The molecule has 42 heavy (non-hydrogen) atoms. The van der Waals surface area contributed by atoms with Gasteiger partial charge >= 0.3 is 6.01 Å². The fourth-order valence-corrected chi connectivity index (χ4v) is 6.73. The van der Waals surface area contributed by atoms with Crippen LogP contribution < -0.4 is 14.5 Å². The number of benzene rings is 2. The molecule has 9 nitrogen and oxygen atoms in total. The second-order valence-electron chi connectivity index (χ2n) is 11.8. The van der Waals surface area contributed by atoms with E-state index in [0.29, 0.717) is 38.2 Å². The lowest BCUT2D eigenvalue weighted by molar-refractivity contribution is -0.128. The van der Waals surface area contributed by atoms with Crippen LogP contribution >= 0.6 is 0 Å². The normalized spacial score (nSPS) is 22.0. The minimum absolute atomic E-state index is 0.0553. The van der Waals surface area contributed by atoms with Crippen LogP contribution in [0.4, 0.5) is 11.5 Å². The molecular formula is C33H39N7O2. The van der Waals surface area contributed by atoms with E-state index in [-0.39, 0.29) is 24.5 Å². The second-order valence-corrected chi connectivity index (χ2v) is 11.8. The van der Waals surface area contributed by atoms with Crippen molar-refractivity contribution in [2.24, 2.45) is 0 Å². The molecule has 3 atom stereocenters. The second kappa shape index (κ2) is 11.6. The molecule has 1 saturated heterocycles. The van der Waals surface area contributed by atoms with Crippen LogP contribution in [0.15, 0.2) is 49.1 Å². The molecule has 3 aromatic rings. The number of carbonyl (C=O) groups excluding carboxylic acids is 1. The maximum atomic E-state index is 12.5. The minimum atomic E-state index is -0.229. The van der Waals surface area contributed by atoms with E-state index < -0.39 is 0 Å². The molecule has 218 valence electrons. The van der Waals surface area contributed by atoms with Gasteiger partial charge in [-0.05, 0) is 63.4 Å². The van der Waals surface area contributed by atoms with Gasteiger partial charge in [-0.1, -0.05) is 36.9 Å². The van der Waals surface area contributed by atoms with Crippen molar-refractivity contribution in [3.8, 4) is 12.1 Å². The van der Waals surface area contributed by atoms with Crippen molar-refractivity contribution in [3.63, 3.8) is 0 Å². The number of nitriles is 1. The molecule has 1 amide bonds.